The predicted octanol–water partition coefficient (Wildman–Crippen LogP) is 2.10. The highest BCUT2D eigenvalue weighted by atomic mass is 32.2. The van der Waals surface area contributed by atoms with Crippen molar-refractivity contribution in [2.24, 2.45) is 0 Å². The van der Waals surface area contributed by atoms with E-state index in [2.05, 4.69) is 10.6 Å². The Balaban J connectivity index is 1.46. The van der Waals surface area contributed by atoms with E-state index in [9.17, 15) is 18.0 Å². The molecule has 2 aliphatic heterocycles. The van der Waals surface area contributed by atoms with E-state index >= 15 is 0 Å². The summed E-state index contributed by atoms with van der Waals surface area (Å²) in [6, 6.07) is 6.79. The van der Waals surface area contributed by atoms with Crippen LogP contribution in [0.15, 0.2) is 29.2 Å². The standard InChI is InChI=1S/C19H25N3O4S/c23-17-19(21-18(24)20-17)10-12-22(13-11-19)27(25,26)16-8-6-15(7-9-16)14-4-2-1-3-5-14/h6-9,14H,1-5,10-13H2,(H2,20,21,23,24). The van der Waals surface area contributed by atoms with Gasteiger partial charge in [0, 0.05) is 13.1 Å². The first-order chi connectivity index (χ1) is 12.9. The topological polar surface area (TPSA) is 95.6 Å². The lowest BCUT2D eigenvalue weighted by atomic mass is 9.84. The number of rotatable bonds is 3. The van der Waals surface area contributed by atoms with E-state index in [0.717, 1.165) is 0 Å². The number of hydrogen-bond acceptors (Lipinski definition) is 4. The summed E-state index contributed by atoms with van der Waals surface area (Å²) in [5.74, 6) is 0.177. The Bertz CT molecular complexity index is 836. The molecule has 4 rings (SSSR count). The summed E-state index contributed by atoms with van der Waals surface area (Å²) < 4.78 is 27.3. The number of benzene rings is 1. The van der Waals surface area contributed by atoms with Crippen LogP contribution in [0.1, 0.15) is 56.4 Å². The van der Waals surface area contributed by atoms with Crippen LogP contribution in [0.4, 0.5) is 4.79 Å². The molecule has 8 heteroatoms. The van der Waals surface area contributed by atoms with Gasteiger partial charge in [-0.2, -0.15) is 4.31 Å². The highest BCUT2D eigenvalue weighted by molar-refractivity contribution is 7.89. The molecule has 0 bridgehead atoms. The number of sulfonamides is 1. The molecule has 0 radical (unpaired) electrons. The predicted molar refractivity (Wildman–Crippen MR) is 99.7 cm³/mol. The van der Waals surface area contributed by atoms with Crippen LogP contribution in [-0.2, 0) is 14.8 Å². The maximum absolute atomic E-state index is 13.0. The third-order valence-corrected chi connectivity index (χ3v) is 8.10. The highest BCUT2D eigenvalue weighted by Crippen LogP contribution is 2.34. The van der Waals surface area contributed by atoms with Gasteiger partial charge >= 0.3 is 6.03 Å². The summed E-state index contributed by atoms with van der Waals surface area (Å²) in [6.07, 6.45) is 6.68. The second-order valence-electron chi connectivity index (χ2n) is 7.80. The summed E-state index contributed by atoms with van der Waals surface area (Å²) in [7, 11) is -3.60. The van der Waals surface area contributed by atoms with E-state index in [0.29, 0.717) is 5.92 Å². The molecular weight excluding hydrogens is 366 g/mol. The number of imide groups is 1. The van der Waals surface area contributed by atoms with Crippen LogP contribution in [0.25, 0.3) is 0 Å². The van der Waals surface area contributed by atoms with Crippen molar-refractivity contribution in [2.75, 3.05) is 13.1 Å². The van der Waals surface area contributed by atoms with Crippen LogP contribution in [0, 0.1) is 0 Å². The summed E-state index contributed by atoms with van der Waals surface area (Å²) in [6.45, 7) is 0.417. The second-order valence-corrected chi connectivity index (χ2v) is 9.74. The third-order valence-electron chi connectivity index (χ3n) is 6.18. The van der Waals surface area contributed by atoms with Crippen molar-refractivity contribution in [1.29, 1.82) is 0 Å². The maximum Gasteiger partial charge on any atom is 0.322 e. The summed E-state index contributed by atoms with van der Waals surface area (Å²) in [4.78, 5) is 23.7. The fraction of sp³-hybridized carbons (Fsp3) is 0.579. The van der Waals surface area contributed by atoms with Crippen molar-refractivity contribution in [2.45, 2.75) is 61.3 Å². The van der Waals surface area contributed by atoms with Gasteiger partial charge in [-0.05, 0) is 49.3 Å². The number of carbonyl (C=O) groups excluding carboxylic acids is 2. The molecule has 2 heterocycles. The maximum atomic E-state index is 13.0. The van der Waals surface area contributed by atoms with Gasteiger partial charge in [0.1, 0.15) is 5.54 Å². The van der Waals surface area contributed by atoms with Gasteiger partial charge in [0.2, 0.25) is 10.0 Å². The monoisotopic (exact) mass is 391 g/mol. The zero-order valence-electron chi connectivity index (χ0n) is 15.2. The molecule has 1 aliphatic carbocycles. The molecule has 7 nitrogen and oxygen atoms in total. The van der Waals surface area contributed by atoms with Gasteiger partial charge in [0.15, 0.2) is 0 Å². The normalized spacial score (nSPS) is 24.0. The Labute approximate surface area is 159 Å². The minimum Gasteiger partial charge on any atom is -0.323 e. The van der Waals surface area contributed by atoms with E-state index in [-0.39, 0.29) is 36.7 Å². The van der Waals surface area contributed by atoms with E-state index < -0.39 is 21.6 Å². The molecule has 1 aromatic carbocycles. The Kier molecular flexibility index (Phi) is 4.71. The van der Waals surface area contributed by atoms with Gasteiger partial charge < -0.3 is 5.32 Å². The van der Waals surface area contributed by atoms with Gasteiger partial charge in [-0.3, -0.25) is 10.1 Å². The minimum absolute atomic E-state index is 0.209. The lowest BCUT2D eigenvalue weighted by Crippen LogP contribution is -2.55. The van der Waals surface area contributed by atoms with Gasteiger partial charge in [-0.1, -0.05) is 31.4 Å². The first-order valence-electron chi connectivity index (χ1n) is 9.64. The Morgan fingerprint density at radius 3 is 2.15 bits per heavy atom. The van der Waals surface area contributed by atoms with Crippen LogP contribution >= 0.6 is 0 Å². The largest absolute Gasteiger partial charge is 0.323 e. The lowest BCUT2D eigenvalue weighted by Gasteiger charge is -2.36. The second kappa shape index (κ2) is 6.91. The lowest BCUT2D eigenvalue weighted by molar-refractivity contribution is -0.125. The molecular formula is C19H25N3O4S. The first kappa shape index (κ1) is 18.4. The minimum atomic E-state index is -3.60. The SMILES string of the molecule is O=C1NC(=O)C2(CCN(S(=O)(=O)c3ccc(C4CCCCC4)cc3)CC2)N1. The summed E-state index contributed by atoms with van der Waals surface area (Å²) >= 11 is 0. The van der Waals surface area contributed by atoms with Crippen molar-refractivity contribution in [3.63, 3.8) is 0 Å². The summed E-state index contributed by atoms with van der Waals surface area (Å²) in [5.41, 5.74) is 0.255. The van der Waals surface area contributed by atoms with Crippen LogP contribution in [0.3, 0.4) is 0 Å². The Morgan fingerprint density at radius 1 is 0.963 bits per heavy atom. The van der Waals surface area contributed by atoms with Crippen LogP contribution in [0.5, 0.6) is 0 Å². The molecule has 3 amide bonds. The van der Waals surface area contributed by atoms with Crippen LogP contribution in [0.2, 0.25) is 0 Å². The number of nitrogens with one attached hydrogen (secondary N) is 2. The molecule has 27 heavy (non-hydrogen) atoms. The van der Waals surface area contributed by atoms with Crippen molar-refractivity contribution >= 4 is 22.0 Å². The number of nitrogens with zero attached hydrogens (tertiary/aromatic N) is 1. The molecule has 3 fully saturated rings. The van der Waals surface area contributed by atoms with Crippen molar-refractivity contribution < 1.29 is 18.0 Å². The number of amides is 3. The van der Waals surface area contributed by atoms with Crippen molar-refractivity contribution in [3.8, 4) is 0 Å². The fourth-order valence-corrected chi connectivity index (χ4v) is 5.93. The number of urea groups is 1. The molecule has 146 valence electrons. The van der Waals surface area contributed by atoms with Crippen LogP contribution < -0.4 is 10.6 Å². The quantitative estimate of drug-likeness (QED) is 0.772. The zero-order valence-corrected chi connectivity index (χ0v) is 16.1. The van der Waals surface area contributed by atoms with Gasteiger partial charge in [-0.25, -0.2) is 13.2 Å². The molecule has 1 aromatic rings. The van der Waals surface area contributed by atoms with Gasteiger partial charge in [0.05, 0.1) is 4.90 Å². The Morgan fingerprint density at radius 2 is 1.59 bits per heavy atom. The number of hydrogen-bond donors (Lipinski definition) is 2. The number of piperidine rings is 1. The van der Waals surface area contributed by atoms with Gasteiger partial charge in [0.25, 0.3) is 5.91 Å². The number of carbonyl (C=O) groups is 2. The highest BCUT2D eigenvalue weighted by Gasteiger charge is 2.49. The van der Waals surface area contributed by atoms with E-state index in [4.69, 9.17) is 0 Å². The first-order valence-corrected chi connectivity index (χ1v) is 11.1. The van der Waals surface area contributed by atoms with E-state index in [1.807, 2.05) is 12.1 Å². The molecule has 0 atom stereocenters. The molecule has 1 saturated carbocycles. The van der Waals surface area contributed by atoms with E-state index in [1.165, 1.54) is 42.0 Å². The molecule has 2 saturated heterocycles. The van der Waals surface area contributed by atoms with Crippen molar-refractivity contribution in [1.82, 2.24) is 14.9 Å². The molecule has 2 N–H and O–H groups in total. The average molecular weight is 391 g/mol. The Hall–Kier alpha value is -1.93. The third kappa shape index (κ3) is 3.36. The van der Waals surface area contributed by atoms with Crippen molar-refractivity contribution in [3.05, 3.63) is 29.8 Å². The average Bonchev–Trinajstić information content (AvgIpc) is 2.95. The van der Waals surface area contributed by atoms with Crippen LogP contribution in [-0.4, -0.2) is 43.3 Å². The zero-order chi connectivity index (χ0) is 19.1. The summed E-state index contributed by atoms with van der Waals surface area (Å²) in [5, 5.41) is 4.90. The molecule has 0 aromatic heterocycles. The smallest absolute Gasteiger partial charge is 0.322 e. The van der Waals surface area contributed by atoms with E-state index in [1.54, 1.807) is 12.1 Å². The molecule has 3 aliphatic rings. The molecule has 0 unspecified atom stereocenters. The molecule has 1 spiro atoms. The fourth-order valence-electron chi connectivity index (χ4n) is 4.49. The van der Waals surface area contributed by atoms with Gasteiger partial charge in [-0.15, -0.1) is 0 Å².